The minimum absolute atomic E-state index is 0.775. The van der Waals surface area contributed by atoms with E-state index >= 15 is 0 Å². The van der Waals surface area contributed by atoms with Crippen molar-refractivity contribution in [1.82, 2.24) is 0 Å². The fourth-order valence-corrected chi connectivity index (χ4v) is 2.23. The number of rotatable bonds is 4. The van der Waals surface area contributed by atoms with E-state index in [1.54, 1.807) is 0 Å². The van der Waals surface area contributed by atoms with E-state index < -0.39 is 0 Å². The lowest BCUT2D eigenvalue weighted by molar-refractivity contribution is 0.683. The monoisotopic (exact) mass is 186 g/mol. The van der Waals surface area contributed by atoms with Crippen LogP contribution in [0.3, 0.4) is 0 Å². The largest absolute Gasteiger partial charge is 0.0949 e. The van der Waals surface area contributed by atoms with E-state index in [1.165, 1.54) is 30.4 Å². The van der Waals surface area contributed by atoms with Gasteiger partial charge in [-0.1, -0.05) is 56.7 Å². The lowest BCUT2D eigenvalue weighted by Crippen LogP contribution is -1.87. The van der Waals surface area contributed by atoms with Crippen molar-refractivity contribution in [2.24, 2.45) is 11.8 Å². The molecule has 0 N–H and O–H groups in total. The summed E-state index contributed by atoms with van der Waals surface area (Å²) in [5.41, 5.74) is 2.68. The zero-order chi connectivity index (χ0) is 9.97. The Labute approximate surface area is 86.7 Å². The van der Waals surface area contributed by atoms with Crippen LogP contribution in [0.1, 0.15) is 31.7 Å². The second-order valence-electron chi connectivity index (χ2n) is 4.28. The number of hydrogen-bond acceptors (Lipinski definition) is 0. The molecule has 0 bridgehead atoms. The van der Waals surface area contributed by atoms with Crippen LogP contribution in [0, 0.1) is 11.8 Å². The maximum absolute atomic E-state index is 4.22. The first kappa shape index (κ1) is 9.51. The fraction of sp³-hybridized carbons (Fsp3) is 0.429. The van der Waals surface area contributed by atoms with Crippen molar-refractivity contribution >= 4 is 5.57 Å². The van der Waals surface area contributed by atoms with E-state index in [4.69, 9.17) is 0 Å². The summed E-state index contributed by atoms with van der Waals surface area (Å²) in [7, 11) is 0. The lowest BCUT2D eigenvalue weighted by atomic mass is 10.0. The first-order valence-electron chi connectivity index (χ1n) is 5.57. The molecule has 14 heavy (non-hydrogen) atoms. The van der Waals surface area contributed by atoms with Crippen LogP contribution in [0.5, 0.6) is 0 Å². The Kier molecular flexibility index (Phi) is 2.72. The maximum atomic E-state index is 4.22. The molecule has 1 aliphatic rings. The van der Waals surface area contributed by atoms with Gasteiger partial charge in [0, 0.05) is 0 Å². The van der Waals surface area contributed by atoms with Crippen LogP contribution in [0.15, 0.2) is 36.9 Å². The van der Waals surface area contributed by atoms with E-state index in [0.717, 1.165) is 11.8 Å². The summed E-state index contributed by atoms with van der Waals surface area (Å²) < 4.78 is 0. The Bertz CT molecular complexity index is 310. The fourth-order valence-electron chi connectivity index (χ4n) is 2.23. The Morgan fingerprint density at radius 3 is 2.71 bits per heavy atom. The molecule has 0 saturated heterocycles. The van der Waals surface area contributed by atoms with Gasteiger partial charge in [-0.25, -0.2) is 0 Å². The third kappa shape index (κ3) is 1.89. The molecule has 0 spiro atoms. The average Bonchev–Trinajstić information content (AvgIpc) is 2.98. The first-order chi connectivity index (χ1) is 6.83. The molecule has 0 unspecified atom stereocenters. The van der Waals surface area contributed by atoms with Crippen molar-refractivity contribution in [2.75, 3.05) is 0 Å². The van der Waals surface area contributed by atoms with E-state index in [-0.39, 0.29) is 0 Å². The molecule has 1 aromatic carbocycles. The molecule has 1 fully saturated rings. The van der Waals surface area contributed by atoms with E-state index in [2.05, 4.69) is 43.8 Å². The second-order valence-corrected chi connectivity index (χ2v) is 4.28. The molecule has 0 amide bonds. The minimum Gasteiger partial charge on any atom is -0.0949 e. The third-order valence-electron chi connectivity index (χ3n) is 3.17. The van der Waals surface area contributed by atoms with E-state index in [0.29, 0.717) is 0 Å². The smallest absolute Gasteiger partial charge is 0.0130 e. The summed E-state index contributed by atoms with van der Waals surface area (Å²) in [5.74, 6) is 1.70. The van der Waals surface area contributed by atoms with Gasteiger partial charge in [-0.15, -0.1) is 0 Å². The van der Waals surface area contributed by atoms with Crippen LogP contribution < -0.4 is 0 Å². The van der Waals surface area contributed by atoms with Gasteiger partial charge in [-0.05, 0) is 29.4 Å². The summed E-state index contributed by atoms with van der Waals surface area (Å²) in [6, 6.07) is 10.6. The number of benzene rings is 1. The zero-order valence-electron chi connectivity index (χ0n) is 8.87. The SMILES string of the molecule is C=C(c1ccccc1)[C@H]1C[C@@H]1CCC. The zero-order valence-corrected chi connectivity index (χ0v) is 8.87. The molecule has 0 heteroatoms. The number of allylic oxidation sites excluding steroid dienone is 1. The molecule has 0 aromatic heterocycles. The third-order valence-corrected chi connectivity index (χ3v) is 3.17. The van der Waals surface area contributed by atoms with Gasteiger partial charge >= 0.3 is 0 Å². The maximum Gasteiger partial charge on any atom is -0.0130 e. The predicted octanol–water partition coefficient (Wildman–Crippen LogP) is 4.14. The number of hydrogen-bond donors (Lipinski definition) is 0. The molecule has 0 heterocycles. The predicted molar refractivity (Wildman–Crippen MR) is 62.0 cm³/mol. The molecule has 1 aliphatic carbocycles. The van der Waals surface area contributed by atoms with Crippen molar-refractivity contribution in [3.05, 3.63) is 42.5 Å². The second kappa shape index (κ2) is 4.00. The average molecular weight is 186 g/mol. The summed E-state index contributed by atoms with van der Waals surface area (Å²) >= 11 is 0. The van der Waals surface area contributed by atoms with Crippen LogP contribution in [0.25, 0.3) is 5.57 Å². The van der Waals surface area contributed by atoms with Crippen molar-refractivity contribution in [1.29, 1.82) is 0 Å². The Morgan fingerprint density at radius 2 is 2.07 bits per heavy atom. The molecule has 0 aliphatic heterocycles. The van der Waals surface area contributed by atoms with Gasteiger partial charge in [-0.3, -0.25) is 0 Å². The molecule has 0 nitrogen and oxygen atoms in total. The lowest BCUT2D eigenvalue weighted by Gasteiger charge is -2.04. The Hall–Kier alpha value is -1.04. The van der Waals surface area contributed by atoms with Gasteiger partial charge in [-0.2, -0.15) is 0 Å². The summed E-state index contributed by atoms with van der Waals surface area (Å²) in [5, 5.41) is 0. The van der Waals surface area contributed by atoms with Gasteiger partial charge in [0.15, 0.2) is 0 Å². The summed E-state index contributed by atoms with van der Waals surface area (Å²) in [4.78, 5) is 0. The highest BCUT2D eigenvalue weighted by molar-refractivity contribution is 5.67. The topological polar surface area (TPSA) is 0 Å². The molecule has 1 saturated carbocycles. The highest BCUT2D eigenvalue weighted by Gasteiger charge is 2.38. The molecule has 2 rings (SSSR count). The van der Waals surface area contributed by atoms with E-state index in [9.17, 15) is 0 Å². The van der Waals surface area contributed by atoms with Crippen LogP contribution in [0.2, 0.25) is 0 Å². The highest BCUT2D eigenvalue weighted by atomic mass is 14.4. The van der Waals surface area contributed by atoms with Crippen LogP contribution >= 0.6 is 0 Å². The summed E-state index contributed by atoms with van der Waals surface area (Å²) in [6.07, 6.45) is 4.04. The quantitative estimate of drug-likeness (QED) is 0.663. The van der Waals surface area contributed by atoms with Gasteiger partial charge in [0.05, 0.1) is 0 Å². The molecular weight excluding hydrogens is 168 g/mol. The summed E-state index contributed by atoms with van der Waals surface area (Å²) in [6.45, 7) is 6.48. The van der Waals surface area contributed by atoms with Gasteiger partial charge < -0.3 is 0 Å². The molecule has 1 aromatic rings. The van der Waals surface area contributed by atoms with Crippen LogP contribution in [0.4, 0.5) is 0 Å². The normalized spacial score (nSPS) is 24.6. The molecule has 74 valence electrons. The Balaban J connectivity index is 1.98. The van der Waals surface area contributed by atoms with Gasteiger partial charge in [0.2, 0.25) is 0 Å². The standard InChI is InChI=1S/C14H18/c1-3-7-13-10-14(13)11(2)12-8-5-4-6-9-12/h4-6,8-9,13-14H,2-3,7,10H2,1H3/t13-,14+/m0/s1. The van der Waals surface area contributed by atoms with Gasteiger partial charge in [0.1, 0.15) is 0 Å². The molecule has 2 atom stereocenters. The van der Waals surface area contributed by atoms with Crippen molar-refractivity contribution in [3.8, 4) is 0 Å². The molecule has 0 radical (unpaired) electrons. The van der Waals surface area contributed by atoms with Crippen molar-refractivity contribution < 1.29 is 0 Å². The van der Waals surface area contributed by atoms with Crippen LogP contribution in [-0.4, -0.2) is 0 Å². The van der Waals surface area contributed by atoms with Gasteiger partial charge in [0.25, 0.3) is 0 Å². The van der Waals surface area contributed by atoms with Crippen LogP contribution in [-0.2, 0) is 0 Å². The minimum atomic E-state index is 0.775. The van der Waals surface area contributed by atoms with Crippen molar-refractivity contribution in [2.45, 2.75) is 26.2 Å². The molecular formula is C14H18. The Morgan fingerprint density at radius 1 is 1.36 bits per heavy atom. The highest BCUT2D eigenvalue weighted by Crippen LogP contribution is 2.49. The van der Waals surface area contributed by atoms with E-state index in [1.807, 2.05) is 0 Å². The van der Waals surface area contributed by atoms with Crippen molar-refractivity contribution in [3.63, 3.8) is 0 Å². The first-order valence-corrected chi connectivity index (χ1v) is 5.57.